The molecule has 2 N–H and O–H groups in total. The van der Waals surface area contributed by atoms with Crippen molar-refractivity contribution < 1.29 is 4.74 Å². The lowest BCUT2D eigenvalue weighted by atomic mass is 9.99. The van der Waals surface area contributed by atoms with Gasteiger partial charge in [0.05, 0.1) is 6.61 Å². The molecule has 0 amide bonds. The van der Waals surface area contributed by atoms with Gasteiger partial charge < -0.3 is 15.4 Å². The highest BCUT2D eigenvalue weighted by atomic mass is 127. The van der Waals surface area contributed by atoms with Gasteiger partial charge in [-0.2, -0.15) is 0 Å². The zero-order chi connectivity index (χ0) is 18.1. The highest BCUT2D eigenvalue weighted by Crippen LogP contribution is 2.15. The van der Waals surface area contributed by atoms with Crippen molar-refractivity contribution in [2.24, 2.45) is 4.99 Å². The molecule has 2 rings (SSSR count). The van der Waals surface area contributed by atoms with Crippen molar-refractivity contribution in [1.82, 2.24) is 10.6 Å². The maximum atomic E-state index is 5.27. The van der Waals surface area contributed by atoms with Gasteiger partial charge in [0, 0.05) is 27.2 Å². The number of rotatable bonds is 7. The molecule has 0 spiro atoms. The van der Waals surface area contributed by atoms with Gasteiger partial charge in [-0.05, 0) is 29.5 Å². The summed E-state index contributed by atoms with van der Waals surface area (Å²) in [7, 11) is 3.52. The highest BCUT2D eigenvalue weighted by molar-refractivity contribution is 14.0. The molecule has 1 atom stereocenters. The van der Waals surface area contributed by atoms with E-state index >= 15 is 0 Å². The number of nitrogens with one attached hydrogen (secondary N) is 2. The van der Waals surface area contributed by atoms with Gasteiger partial charge in [0.2, 0.25) is 0 Å². The maximum Gasteiger partial charge on any atom is 0.191 e. The molecule has 0 aliphatic carbocycles. The zero-order valence-electron chi connectivity index (χ0n) is 16.1. The minimum absolute atomic E-state index is 0. The molecule has 1 unspecified atom stereocenters. The van der Waals surface area contributed by atoms with E-state index in [4.69, 9.17) is 4.74 Å². The second-order valence-electron chi connectivity index (χ2n) is 6.32. The van der Waals surface area contributed by atoms with Crippen LogP contribution in [0.25, 0.3) is 0 Å². The average Bonchev–Trinajstić information content (AvgIpc) is 2.63. The lowest BCUT2D eigenvalue weighted by molar-refractivity contribution is 0.184. The standard InChI is InChI=1S/C21H29N3O.HI/c1-16-8-7-11-18(12-16)17(2)13-23-21(22-3)24-14-19-9-5-6-10-20(19)15-25-4;/h5-12,17H,13-15H2,1-4H3,(H2,22,23,24);1H. The third-order valence-electron chi connectivity index (χ3n) is 4.27. The molecule has 0 aliphatic heterocycles. The molecule has 2 aromatic rings. The molecule has 26 heavy (non-hydrogen) atoms. The number of halogens is 1. The van der Waals surface area contributed by atoms with E-state index in [1.807, 2.05) is 12.1 Å². The molecule has 0 aromatic heterocycles. The molecule has 0 saturated heterocycles. The molecule has 0 bridgehead atoms. The van der Waals surface area contributed by atoms with E-state index in [0.717, 1.165) is 19.0 Å². The maximum absolute atomic E-state index is 5.27. The number of hydrogen-bond acceptors (Lipinski definition) is 2. The Morgan fingerprint density at radius 2 is 1.81 bits per heavy atom. The predicted octanol–water partition coefficient (Wildman–Crippen LogP) is 4.23. The smallest absolute Gasteiger partial charge is 0.191 e. The number of hydrogen-bond donors (Lipinski definition) is 2. The van der Waals surface area contributed by atoms with Gasteiger partial charge in [0.1, 0.15) is 0 Å². The van der Waals surface area contributed by atoms with Gasteiger partial charge in [-0.3, -0.25) is 4.99 Å². The lowest BCUT2D eigenvalue weighted by Crippen LogP contribution is -2.38. The second kappa shape index (κ2) is 11.9. The Morgan fingerprint density at radius 1 is 1.08 bits per heavy atom. The molecule has 0 fully saturated rings. The number of guanidine groups is 1. The summed E-state index contributed by atoms with van der Waals surface area (Å²) in [5.74, 6) is 1.23. The van der Waals surface area contributed by atoms with Crippen molar-refractivity contribution in [2.75, 3.05) is 20.7 Å². The summed E-state index contributed by atoms with van der Waals surface area (Å²) in [6, 6.07) is 16.9. The lowest BCUT2D eigenvalue weighted by Gasteiger charge is -2.17. The summed E-state index contributed by atoms with van der Waals surface area (Å²) >= 11 is 0. The fraction of sp³-hybridized carbons (Fsp3) is 0.381. The van der Waals surface area contributed by atoms with Crippen LogP contribution >= 0.6 is 24.0 Å². The SMILES string of the molecule is CN=C(NCc1ccccc1COC)NCC(C)c1cccc(C)c1.I. The molecule has 5 heteroatoms. The Bertz CT molecular complexity index is 703. The van der Waals surface area contributed by atoms with Gasteiger partial charge in [-0.15, -0.1) is 24.0 Å². The van der Waals surface area contributed by atoms with Crippen molar-refractivity contribution in [3.8, 4) is 0 Å². The van der Waals surface area contributed by atoms with Crippen molar-refractivity contribution in [2.45, 2.75) is 32.9 Å². The Morgan fingerprint density at radius 3 is 2.46 bits per heavy atom. The van der Waals surface area contributed by atoms with E-state index in [1.165, 1.54) is 22.3 Å². The van der Waals surface area contributed by atoms with E-state index in [0.29, 0.717) is 12.5 Å². The summed E-state index contributed by atoms with van der Waals surface area (Å²) in [6.45, 7) is 6.53. The fourth-order valence-corrected chi connectivity index (χ4v) is 2.77. The summed E-state index contributed by atoms with van der Waals surface area (Å²) in [5, 5.41) is 6.80. The fourth-order valence-electron chi connectivity index (χ4n) is 2.77. The van der Waals surface area contributed by atoms with Crippen LogP contribution in [0.3, 0.4) is 0 Å². The van der Waals surface area contributed by atoms with Gasteiger partial charge in [0.25, 0.3) is 0 Å². The van der Waals surface area contributed by atoms with Crippen LogP contribution in [-0.4, -0.2) is 26.7 Å². The second-order valence-corrected chi connectivity index (χ2v) is 6.32. The Kier molecular flexibility index (Phi) is 10.3. The van der Waals surface area contributed by atoms with Crippen LogP contribution in [-0.2, 0) is 17.9 Å². The van der Waals surface area contributed by atoms with Crippen LogP contribution in [0, 0.1) is 6.92 Å². The summed E-state index contributed by atoms with van der Waals surface area (Å²) in [6.07, 6.45) is 0. The highest BCUT2D eigenvalue weighted by Gasteiger charge is 2.08. The number of aliphatic imine (C=N–C) groups is 1. The van der Waals surface area contributed by atoms with Crippen LogP contribution < -0.4 is 10.6 Å². The molecule has 0 heterocycles. The molecule has 4 nitrogen and oxygen atoms in total. The number of nitrogens with zero attached hydrogens (tertiary/aromatic N) is 1. The molecule has 142 valence electrons. The monoisotopic (exact) mass is 467 g/mol. The van der Waals surface area contributed by atoms with Crippen LogP contribution in [0.2, 0.25) is 0 Å². The third kappa shape index (κ3) is 6.96. The van der Waals surface area contributed by atoms with E-state index in [-0.39, 0.29) is 24.0 Å². The molecular formula is C21H30IN3O. The van der Waals surface area contributed by atoms with Crippen LogP contribution in [0.1, 0.15) is 35.1 Å². The summed E-state index contributed by atoms with van der Waals surface area (Å²) in [5.41, 5.74) is 5.05. The van der Waals surface area contributed by atoms with E-state index < -0.39 is 0 Å². The Hall–Kier alpha value is -1.60. The number of aryl methyl sites for hydroxylation is 1. The van der Waals surface area contributed by atoms with Crippen molar-refractivity contribution in [3.05, 3.63) is 70.8 Å². The topological polar surface area (TPSA) is 45.7 Å². The molecule has 0 saturated carbocycles. The average molecular weight is 467 g/mol. The first-order chi connectivity index (χ1) is 12.1. The van der Waals surface area contributed by atoms with Gasteiger partial charge in [-0.25, -0.2) is 0 Å². The Labute approximate surface area is 174 Å². The van der Waals surface area contributed by atoms with Crippen molar-refractivity contribution in [3.63, 3.8) is 0 Å². The summed E-state index contributed by atoms with van der Waals surface area (Å²) in [4.78, 5) is 4.33. The Balaban J connectivity index is 0.00000338. The summed E-state index contributed by atoms with van der Waals surface area (Å²) < 4.78 is 5.27. The zero-order valence-corrected chi connectivity index (χ0v) is 18.4. The van der Waals surface area contributed by atoms with Crippen molar-refractivity contribution >= 4 is 29.9 Å². The van der Waals surface area contributed by atoms with Crippen molar-refractivity contribution in [1.29, 1.82) is 0 Å². The minimum atomic E-state index is 0. The number of ether oxygens (including phenoxy) is 1. The molecular weight excluding hydrogens is 437 g/mol. The molecule has 2 aromatic carbocycles. The van der Waals surface area contributed by atoms with E-state index in [2.05, 4.69) is 65.9 Å². The quantitative estimate of drug-likeness (QED) is 0.364. The largest absolute Gasteiger partial charge is 0.380 e. The van der Waals surface area contributed by atoms with Crippen LogP contribution in [0.15, 0.2) is 53.5 Å². The van der Waals surface area contributed by atoms with Crippen LogP contribution in [0.5, 0.6) is 0 Å². The first-order valence-electron chi connectivity index (χ1n) is 8.70. The molecule has 0 aliphatic rings. The van der Waals surface area contributed by atoms with Crippen LogP contribution in [0.4, 0.5) is 0 Å². The van der Waals surface area contributed by atoms with Gasteiger partial charge in [0.15, 0.2) is 5.96 Å². The van der Waals surface area contributed by atoms with Gasteiger partial charge in [-0.1, -0.05) is 61.0 Å². The van der Waals surface area contributed by atoms with E-state index in [1.54, 1.807) is 14.2 Å². The van der Waals surface area contributed by atoms with Gasteiger partial charge >= 0.3 is 0 Å². The minimum Gasteiger partial charge on any atom is -0.380 e. The molecule has 0 radical (unpaired) electrons. The first kappa shape index (κ1) is 22.4. The number of benzene rings is 2. The predicted molar refractivity (Wildman–Crippen MR) is 120 cm³/mol. The van der Waals surface area contributed by atoms with E-state index in [9.17, 15) is 0 Å². The normalized spacial score (nSPS) is 12.2. The third-order valence-corrected chi connectivity index (χ3v) is 4.27. The number of methoxy groups -OCH3 is 1. The first-order valence-corrected chi connectivity index (χ1v) is 8.70.